The van der Waals surface area contributed by atoms with Crippen LogP contribution in [-0.2, 0) is 13.0 Å². The summed E-state index contributed by atoms with van der Waals surface area (Å²) in [4.78, 5) is 12.6. The number of benzene rings is 2. The molecule has 0 radical (unpaired) electrons. The summed E-state index contributed by atoms with van der Waals surface area (Å²) in [6, 6.07) is 16.8. The van der Waals surface area contributed by atoms with Crippen LogP contribution in [0.5, 0.6) is 5.75 Å². The van der Waals surface area contributed by atoms with Crippen LogP contribution in [0.15, 0.2) is 71.3 Å². The van der Waals surface area contributed by atoms with Crippen LogP contribution in [0, 0.1) is 5.82 Å². The minimum Gasteiger partial charge on any atom is -0.488 e. The Morgan fingerprint density at radius 2 is 1.88 bits per heavy atom. The summed E-state index contributed by atoms with van der Waals surface area (Å²) in [7, 11) is 0. The number of carbonyl (C=O) groups is 1. The number of rotatable bonds is 7. The molecule has 1 amide bonds. The number of carbonyl (C=O) groups excluding carboxylic acids is 1. The molecule has 26 heavy (non-hydrogen) atoms. The molecule has 3 rings (SSSR count). The van der Waals surface area contributed by atoms with E-state index in [1.54, 1.807) is 36.6 Å². The highest BCUT2D eigenvalue weighted by Crippen LogP contribution is 2.20. The number of furan rings is 1. The van der Waals surface area contributed by atoms with Crippen LogP contribution in [0.25, 0.3) is 0 Å². The SMILES string of the molecule is C[C@H](Cc1ccco1)NC(=O)c1ccccc1OCc1ccc(F)cc1. The molecule has 0 spiro atoms. The maximum atomic E-state index is 13.0. The second kappa shape index (κ2) is 8.34. The van der Waals surface area contributed by atoms with Gasteiger partial charge in [0.05, 0.1) is 11.8 Å². The topological polar surface area (TPSA) is 51.5 Å². The third kappa shape index (κ3) is 4.72. The molecule has 1 aromatic heterocycles. The van der Waals surface area contributed by atoms with E-state index >= 15 is 0 Å². The van der Waals surface area contributed by atoms with Gasteiger partial charge < -0.3 is 14.5 Å². The Morgan fingerprint density at radius 3 is 2.62 bits per heavy atom. The average molecular weight is 353 g/mol. The zero-order valence-corrected chi connectivity index (χ0v) is 14.4. The lowest BCUT2D eigenvalue weighted by molar-refractivity contribution is 0.0934. The van der Waals surface area contributed by atoms with E-state index in [2.05, 4.69) is 5.32 Å². The first-order valence-electron chi connectivity index (χ1n) is 8.41. The van der Waals surface area contributed by atoms with Gasteiger partial charge in [0.25, 0.3) is 5.91 Å². The molecule has 0 unspecified atom stereocenters. The fraction of sp³-hybridized carbons (Fsp3) is 0.190. The first-order valence-corrected chi connectivity index (χ1v) is 8.41. The molecule has 4 nitrogen and oxygen atoms in total. The van der Waals surface area contributed by atoms with E-state index in [-0.39, 0.29) is 24.4 Å². The summed E-state index contributed by atoms with van der Waals surface area (Å²) in [5.41, 5.74) is 1.29. The maximum Gasteiger partial charge on any atom is 0.255 e. The predicted octanol–water partition coefficient (Wildman–Crippen LogP) is 4.36. The van der Waals surface area contributed by atoms with E-state index in [0.717, 1.165) is 11.3 Å². The quantitative estimate of drug-likeness (QED) is 0.687. The van der Waals surface area contributed by atoms with E-state index in [4.69, 9.17) is 9.15 Å². The summed E-state index contributed by atoms with van der Waals surface area (Å²) in [6.45, 7) is 2.18. The largest absolute Gasteiger partial charge is 0.488 e. The van der Waals surface area contributed by atoms with Gasteiger partial charge in [-0.2, -0.15) is 0 Å². The van der Waals surface area contributed by atoms with E-state index in [1.165, 1.54) is 12.1 Å². The highest BCUT2D eigenvalue weighted by molar-refractivity contribution is 5.97. The molecule has 1 atom stereocenters. The number of hydrogen-bond acceptors (Lipinski definition) is 3. The number of hydrogen-bond donors (Lipinski definition) is 1. The van der Waals surface area contributed by atoms with Crippen molar-refractivity contribution in [3.05, 3.63) is 89.6 Å². The number of nitrogens with one attached hydrogen (secondary N) is 1. The van der Waals surface area contributed by atoms with Crippen LogP contribution >= 0.6 is 0 Å². The van der Waals surface area contributed by atoms with Gasteiger partial charge in [0.1, 0.15) is 23.9 Å². The Bertz CT molecular complexity index is 844. The van der Waals surface area contributed by atoms with E-state index in [9.17, 15) is 9.18 Å². The zero-order chi connectivity index (χ0) is 18.4. The monoisotopic (exact) mass is 353 g/mol. The second-order valence-corrected chi connectivity index (χ2v) is 6.07. The van der Waals surface area contributed by atoms with Gasteiger partial charge in [-0.05, 0) is 48.9 Å². The molecule has 134 valence electrons. The summed E-state index contributed by atoms with van der Waals surface area (Å²) in [6.07, 6.45) is 2.22. The molecule has 0 aliphatic rings. The molecule has 1 heterocycles. The summed E-state index contributed by atoms with van der Waals surface area (Å²) >= 11 is 0. The van der Waals surface area contributed by atoms with Gasteiger partial charge in [-0.3, -0.25) is 4.79 Å². The fourth-order valence-corrected chi connectivity index (χ4v) is 2.60. The number of amides is 1. The van der Waals surface area contributed by atoms with Crippen molar-refractivity contribution < 1.29 is 18.3 Å². The van der Waals surface area contributed by atoms with Gasteiger partial charge in [0, 0.05) is 12.5 Å². The standard InChI is InChI=1S/C21H20FNO3/c1-15(13-18-5-4-12-25-18)23-21(24)19-6-2-3-7-20(19)26-14-16-8-10-17(22)11-9-16/h2-12,15H,13-14H2,1H3,(H,23,24)/t15-/m1/s1. The third-order valence-electron chi connectivity index (χ3n) is 3.90. The maximum absolute atomic E-state index is 13.0. The third-order valence-corrected chi connectivity index (χ3v) is 3.90. The molecule has 5 heteroatoms. The fourth-order valence-electron chi connectivity index (χ4n) is 2.60. The highest BCUT2D eigenvalue weighted by Gasteiger charge is 2.15. The second-order valence-electron chi connectivity index (χ2n) is 6.07. The lowest BCUT2D eigenvalue weighted by atomic mass is 10.1. The Kier molecular flexibility index (Phi) is 5.69. The van der Waals surface area contributed by atoms with Crippen LogP contribution in [0.3, 0.4) is 0 Å². The molecule has 0 fully saturated rings. The van der Waals surface area contributed by atoms with Crippen molar-refractivity contribution in [3.8, 4) is 5.75 Å². The van der Waals surface area contributed by atoms with Gasteiger partial charge in [-0.15, -0.1) is 0 Å². The molecule has 1 N–H and O–H groups in total. The van der Waals surface area contributed by atoms with E-state index in [1.807, 2.05) is 25.1 Å². The zero-order valence-electron chi connectivity index (χ0n) is 14.4. The average Bonchev–Trinajstić information content (AvgIpc) is 3.14. The molecular weight excluding hydrogens is 333 g/mol. The minimum atomic E-state index is -0.293. The van der Waals surface area contributed by atoms with Crippen LogP contribution in [0.1, 0.15) is 28.6 Å². The molecule has 0 saturated heterocycles. The molecular formula is C21H20FNO3. The van der Waals surface area contributed by atoms with Gasteiger partial charge in [0.15, 0.2) is 0 Å². The highest BCUT2D eigenvalue weighted by atomic mass is 19.1. The lowest BCUT2D eigenvalue weighted by Crippen LogP contribution is -2.34. The van der Waals surface area contributed by atoms with Crippen LogP contribution < -0.4 is 10.1 Å². The van der Waals surface area contributed by atoms with Gasteiger partial charge in [0.2, 0.25) is 0 Å². The summed E-state index contributed by atoms with van der Waals surface area (Å²) in [5, 5.41) is 2.95. The Balaban J connectivity index is 1.63. The predicted molar refractivity (Wildman–Crippen MR) is 96.5 cm³/mol. The molecule has 0 aliphatic carbocycles. The van der Waals surface area contributed by atoms with Gasteiger partial charge in [-0.1, -0.05) is 24.3 Å². The van der Waals surface area contributed by atoms with Crippen molar-refractivity contribution in [1.82, 2.24) is 5.32 Å². The Labute approximate surface area is 151 Å². The number of ether oxygens (including phenoxy) is 1. The van der Waals surface area contributed by atoms with Crippen LogP contribution in [-0.4, -0.2) is 11.9 Å². The van der Waals surface area contributed by atoms with Crippen LogP contribution in [0.4, 0.5) is 4.39 Å². The minimum absolute atomic E-state index is 0.0844. The van der Waals surface area contributed by atoms with Crippen molar-refractivity contribution in [1.29, 1.82) is 0 Å². The van der Waals surface area contributed by atoms with Crippen molar-refractivity contribution in [2.24, 2.45) is 0 Å². The Morgan fingerprint density at radius 1 is 1.12 bits per heavy atom. The molecule has 0 bridgehead atoms. The molecule has 0 aliphatic heterocycles. The number of para-hydroxylation sites is 1. The van der Waals surface area contributed by atoms with Crippen LogP contribution in [0.2, 0.25) is 0 Å². The van der Waals surface area contributed by atoms with Crippen molar-refractivity contribution in [2.75, 3.05) is 0 Å². The molecule has 0 saturated carbocycles. The lowest BCUT2D eigenvalue weighted by Gasteiger charge is -2.15. The summed E-state index contributed by atoms with van der Waals surface area (Å²) in [5.74, 6) is 0.802. The van der Waals surface area contributed by atoms with E-state index in [0.29, 0.717) is 17.7 Å². The van der Waals surface area contributed by atoms with Crippen molar-refractivity contribution in [2.45, 2.75) is 26.0 Å². The van der Waals surface area contributed by atoms with E-state index < -0.39 is 0 Å². The smallest absolute Gasteiger partial charge is 0.255 e. The number of halogens is 1. The van der Waals surface area contributed by atoms with Crippen molar-refractivity contribution >= 4 is 5.91 Å². The Hall–Kier alpha value is -3.08. The first kappa shape index (κ1) is 17.7. The molecule has 2 aromatic carbocycles. The summed E-state index contributed by atoms with van der Waals surface area (Å²) < 4.78 is 24.1. The normalized spacial score (nSPS) is 11.8. The molecule has 3 aromatic rings. The first-order chi connectivity index (χ1) is 12.6. The van der Waals surface area contributed by atoms with Crippen molar-refractivity contribution in [3.63, 3.8) is 0 Å². The van der Waals surface area contributed by atoms with Gasteiger partial charge in [-0.25, -0.2) is 4.39 Å². The van der Waals surface area contributed by atoms with Gasteiger partial charge >= 0.3 is 0 Å².